The van der Waals surface area contributed by atoms with Crippen molar-refractivity contribution in [1.29, 1.82) is 0 Å². The fourth-order valence-corrected chi connectivity index (χ4v) is 3.81. The van der Waals surface area contributed by atoms with E-state index in [-0.39, 0.29) is 11.7 Å². The molecule has 1 fully saturated rings. The fourth-order valence-electron chi connectivity index (χ4n) is 3.81. The highest BCUT2D eigenvalue weighted by atomic mass is 16.2. The number of likely N-dealkylation sites (tertiary alicyclic amines) is 1. The third-order valence-corrected chi connectivity index (χ3v) is 5.52. The molecule has 2 aliphatic heterocycles. The lowest BCUT2D eigenvalue weighted by atomic mass is 9.98. The zero-order chi connectivity index (χ0) is 18.5. The summed E-state index contributed by atoms with van der Waals surface area (Å²) in [6, 6.07) is 0. The van der Waals surface area contributed by atoms with Gasteiger partial charge in [-0.3, -0.25) is 14.5 Å². The first-order chi connectivity index (χ1) is 12.5. The van der Waals surface area contributed by atoms with Crippen LogP contribution in [0.4, 0.5) is 0 Å². The Morgan fingerprint density at radius 2 is 2.04 bits per heavy atom. The molecule has 0 bridgehead atoms. The molecule has 1 saturated heterocycles. The number of hydrogen-bond donors (Lipinski definition) is 0. The zero-order valence-corrected chi connectivity index (χ0v) is 16.0. The van der Waals surface area contributed by atoms with Crippen LogP contribution >= 0.6 is 0 Å². The molecule has 0 N–H and O–H groups in total. The van der Waals surface area contributed by atoms with Gasteiger partial charge in [-0.2, -0.15) is 0 Å². The Morgan fingerprint density at radius 3 is 2.85 bits per heavy atom. The van der Waals surface area contributed by atoms with Crippen LogP contribution < -0.4 is 0 Å². The molecule has 1 aromatic rings. The summed E-state index contributed by atoms with van der Waals surface area (Å²) < 4.78 is 1.93. The number of ketones is 1. The lowest BCUT2D eigenvalue weighted by Gasteiger charge is -2.28. The number of Topliss-reactive ketones (excluding diaryl/α,β-unsaturated/α-hetero) is 1. The Balaban J connectivity index is 1.51. The Labute approximate surface area is 155 Å². The molecular weight excluding hydrogens is 328 g/mol. The van der Waals surface area contributed by atoms with E-state index in [1.165, 1.54) is 25.7 Å². The molecule has 3 heterocycles. The maximum atomic E-state index is 12.5. The Bertz CT molecular complexity index is 679. The van der Waals surface area contributed by atoms with Gasteiger partial charge in [0.25, 0.3) is 0 Å². The molecule has 1 aromatic heterocycles. The Hall–Kier alpha value is -1.95. The van der Waals surface area contributed by atoms with Crippen molar-refractivity contribution in [3.05, 3.63) is 29.9 Å². The van der Waals surface area contributed by atoms with Gasteiger partial charge in [-0.1, -0.05) is 25.8 Å². The van der Waals surface area contributed by atoms with Gasteiger partial charge in [0.2, 0.25) is 5.91 Å². The minimum atomic E-state index is 0.0194. The normalized spacial score (nSPS) is 22.1. The van der Waals surface area contributed by atoms with Gasteiger partial charge >= 0.3 is 0 Å². The number of nitrogens with zero attached hydrogens (tertiary/aromatic N) is 4. The molecule has 0 saturated carbocycles. The molecule has 26 heavy (non-hydrogen) atoms. The van der Waals surface area contributed by atoms with Crippen molar-refractivity contribution in [1.82, 2.24) is 19.4 Å². The summed E-state index contributed by atoms with van der Waals surface area (Å²) in [6.45, 7) is 8.70. The van der Waals surface area contributed by atoms with Gasteiger partial charge < -0.3 is 9.47 Å². The maximum absolute atomic E-state index is 12.5. The van der Waals surface area contributed by atoms with Gasteiger partial charge in [0.05, 0.1) is 12.7 Å². The molecule has 0 spiro atoms. The summed E-state index contributed by atoms with van der Waals surface area (Å²) in [5, 5.41) is 0. The minimum absolute atomic E-state index is 0.0194. The van der Waals surface area contributed by atoms with Gasteiger partial charge in [-0.25, -0.2) is 4.98 Å². The van der Waals surface area contributed by atoms with Crippen LogP contribution in [0.25, 0.3) is 0 Å². The first-order valence-corrected chi connectivity index (χ1v) is 9.77. The lowest BCUT2D eigenvalue weighted by Crippen LogP contribution is -2.38. The van der Waals surface area contributed by atoms with Crippen molar-refractivity contribution >= 4 is 11.7 Å². The van der Waals surface area contributed by atoms with Crippen LogP contribution in [0.1, 0.15) is 55.8 Å². The summed E-state index contributed by atoms with van der Waals surface area (Å²) in [5.74, 6) is 1.65. The Kier molecular flexibility index (Phi) is 6.25. The lowest BCUT2D eigenvalue weighted by molar-refractivity contribution is -0.127. The van der Waals surface area contributed by atoms with E-state index in [0.29, 0.717) is 25.3 Å². The summed E-state index contributed by atoms with van der Waals surface area (Å²) in [6.07, 6.45) is 10.5. The SMILES string of the molecule is CC(=O)c1cnc2n1CCN(C(=O)/C=C/CN1CCCCC(C)CC1)C2. The topological polar surface area (TPSA) is 58.4 Å². The summed E-state index contributed by atoms with van der Waals surface area (Å²) >= 11 is 0. The highest BCUT2D eigenvalue weighted by molar-refractivity contribution is 5.92. The monoisotopic (exact) mass is 358 g/mol. The Morgan fingerprint density at radius 1 is 1.19 bits per heavy atom. The number of rotatable bonds is 4. The maximum Gasteiger partial charge on any atom is 0.246 e. The van der Waals surface area contributed by atoms with Crippen molar-refractivity contribution in [2.24, 2.45) is 5.92 Å². The van der Waals surface area contributed by atoms with Crippen LogP contribution in [0.15, 0.2) is 18.3 Å². The first-order valence-electron chi connectivity index (χ1n) is 9.77. The zero-order valence-electron chi connectivity index (χ0n) is 16.0. The molecule has 3 rings (SSSR count). The highest BCUT2D eigenvalue weighted by Crippen LogP contribution is 2.17. The quantitative estimate of drug-likeness (QED) is 0.613. The van der Waals surface area contributed by atoms with E-state index in [4.69, 9.17) is 0 Å². The van der Waals surface area contributed by atoms with E-state index in [2.05, 4.69) is 16.8 Å². The van der Waals surface area contributed by atoms with Crippen molar-refractivity contribution in [3.8, 4) is 0 Å². The van der Waals surface area contributed by atoms with Gasteiger partial charge in [-0.05, 0) is 31.8 Å². The molecular formula is C20H30N4O2. The number of carbonyl (C=O) groups excluding carboxylic acids is 2. The smallest absolute Gasteiger partial charge is 0.246 e. The predicted octanol–water partition coefficient (Wildman–Crippen LogP) is 2.50. The van der Waals surface area contributed by atoms with Crippen LogP contribution in [-0.2, 0) is 17.9 Å². The number of hydrogen-bond acceptors (Lipinski definition) is 4. The van der Waals surface area contributed by atoms with Crippen molar-refractivity contribution in [2.75, 3.05) is 26.2 Å². The van der Waals surface area contributed by atoms with E-state index in [9.17, 15) is 9.59 Å². The molecule has 2 aliphatic rings. The average Bonchev–Trinajstić information content (AvgIpc) is 3.03. The highest BCUT2D eigenvalue weighted by Gasteiger charge is 2.23. The van der Waals surface area contributed by atoms with Crippen LogP contribution in [0.3, 0.4) is 0 Å². The first kappa shape index (κ1) is 18.8. The summed E-state index contributed by atoms with van der Waals surface area (Å²) in [4.78, 5) is 32.6. The van der Waals surface area contributed by atoms with E-state index >= 15 is 0 Å². The average molecular weight is 358 g/mol. The fraction of sp³-hybridized carbons (Fsp3) is 0.650. The van der Waals surface area contributed by atoms with Gasteiger partial charge in [0.1, 0.15) is 11.5 Å². The molecule has 0 aliphatic carbocycles. The second kappa shape index (κ2) is 8.62. The van der Waals surface area contributed by atoms with E-state index in [1.807, 2.05) is 10.6 Å². The van der Waals surface area contributed by atoms with Crippen molar-refractivity contribution in [3.63, 3.8) is 0 Å². The van der Waals surface area contributed by atoms with E-state index < -0.39 is 0 Å². The second-order valence-electron chi connectivity index (χ2n) is 7.62. The molecule has 6 heteroatoms. The van der Waals surface area contributed by atoms with Crippen LogP contribution in [0, 0.1) is 5.92 Å². The third-order valence-electron chi connectivity index (χ3n) is 5.52. The summed E-state index contributed by atoms with van der Waals surface area (Å²) in [7, 11) is 0. The third kappa shape index (κ3) is 4.61. The van der Waals surface area contributed by atoms with E-state index in [0.717, 1.165) is 31.4 Å². The van der Waals surface area contributed by atoms with Gasteiger partial charge in [0, 0.05) is 32.6 Å². The summed E-state index contributed by atoms with van der Waals surface area (Å²) in [5.41, 5.74) is 0.633. The van der Waals surface area contributed by atoms with Gasteiger partial charge in [0.15, 0.2) is 5.78 Å². The molecule has 0 aromatic carbocycles. The second-order valence-corrected chi connectivity index (χ2v) is 7.62. The molecule has 1 amide bonds. The molecule has 0 radical (unpaired) electrons. The van der Waals surface area contributed by atoms with Gasteiger partial charge in [-0.15, -0.1) is 0 Å². The standard InChI is InChI=1S/C20H30N4O2/c1-16-6-3-4-9-22(11-8-16)10-5-7-20(26)23-12-13-24-18(17(2)25)14-21-19(24)15-23/h5,7,14,16H,3-4,6,8-13,15H2,1-2H3/b7-5+. The van der Waals surface area contributed by atoms with Crippen molar-refractivity contribution < 1.29 is 9.59 Å². The largest absolute Gasteiger partial charge is 0.330 e. The number of aromatic nitrogens is 2. The molecule has 142 valence electrons. The molecule has 1 unspecified atom stereocenters. The number of fused-ring (bicyclic) bond motifs is 1. The minimum Gasteiger partial charge on any atom is -0.330 e. The molecule has 1 atom stereocenters. The number of imidazole rings is 1. The molecule has 6 nitrogen and oxygen atoms in total. The van der Waals surface area contributed by atoms with E-state index in [1.54, 1.807) is 24.1 Å². The number of amides is 1. The van der Waals surface area contributed by atoms with Crippen LogP contribution in [0.5, 0.6) is 0 Å². The van der Waals surface area contributed by atoms with Crippen LogP contribution in [0.2, 0.25) is 0 Å². The van der Waals surface area contributed by atoms with Crippen LogP contribution in [-0.4, -0.2) is 57.2 Å². The van der Waals surface area contributed by atoms with Crippen molar-refractivity contribution in [2.45, 2.75) is 52.6 Å². The number of carbonyl (C=O) groups is 2. The predicted molar refractivity (Wildman–Crippen MR) is 101 cm³/mol.